The predicted molar refractivity (Wildman–Crippen MR) is 209 cm³/mol. The minimum absolute atomic E-state index is 0.580. The highest BCUT2D eigenvalue weighted by atomic mass is 32.1. The highest BCUT2D eigenvalue weighted by Gasteiger charge is 2.19. The molecule has 0 spiro atoms. The van der Waals surface area contributed by atoms with Gasteiger partial charge in [-0.05, 0) is 62.6 Å². The molecule has 0 bridgehead atoms. The number of thiophene rings is 1. The molecule has 0 amide bonds. The third kappa shape index (κ3) is 4.14. The maximum Gasteiger partial charge on any atom is 0.167 e. The number of benzene rings is 8. The van der Waals surface area contributed by atoms with E-state index >= 15 is 0 Å². The van der Waals surface area contributed by atoms with Gasteiger partial charge in [0.1, 0.15) is 11.2 Å². The number of rotatable bonds is 3. The number of aromatic nitrogens is 3. The van der Waals surface area contributed by atoms with Crippen molar-refractivity contribution in [2.24, 2.45) is 0 Å². The topological polar surface area (TPSA) is 51.8 Å². The largest absolute Gasteiger partial charge is 0.455 e. The summed E-state index contributed by atoms with van der Waals surface area (Å²) >= 11 is 1.79. The van der Waals surface area contributed by atoms with Crippen LogP contribution in [0.1, 0.15) is 0 Å². The van der Waals surface area contributed by atoms with Crippen LogP contribution in [0.2, 0.25) is 0 Å². The Labute approximate surface area is 289 Å². The summed E-state index contributed by atoms with van der Waals surface area (Å²) in [7, 11) is 0. The van der Waals surface area contributed by atoms with E-state index in [2.05, 4.69) is 127 Å². The molecule has 11 rings (SSSR count). The summed E-state index contributed by atoms with van der Waals surface area (Å²) in [5.74, 6) is 1.83. The van der Waals surface area contributed by atoms with Gasteiger partial charge in [-0.1, -0.05) is 121 Å². The standard InChI is InChI=1S/C45H25N3OS/c1-2-9-30-26(8-1)16-21-33-31-20-18-28(24-27(31)17-22-32(30)33)43-46-44(29-19-23-36-35-11-4-6-15-40(35)50-41(36)25-29)48-45(47-43)38-13-7-12-37-34-10-3-5-14-39(34)49-42(37)38/h1-25H. The summed E-state index contributed by atoms with van der Waals surface area (Å²) in [5, 5.41) is 12.0. The number of furan rings is 1. The first-order valence-corrected chi connectivity index (χ1v) is 17.5. The van der Waals surface area contributed by atoms with Crippen molar-refractivity contribution in [2.75, 3.05) is 0 Å². The molecule has 0 aliphatic heterocycles. The quantitative estimate of drug-likeness (QED) is 0.178. The van der Waals surface area contributed by atoms with Gasteiger partial charge in [-0.25, -0.2) is 15.0 Å². The zero-order valence-electron chi connectivity index (χ0n) is 26.6. The van der Waals surface area contributed by atoms with E-state index in [-0.39, 0.29) is 0 Å². The minimum atomic E-state index is 0.580. The molecule has 5 heteroatoms. The van der Waals surface area contributed by atoms with Gasteiger partial charge < -0.3 is 4.42 Å². The van der Waals surface area contributed by atoms with Gasteiger partial charge >= 0.3 is 0 Å². The van der Waals surface area contributed by atoms with E-state index < -0.39 is 0 Å². The van der Waals surface area contributed by atoms with Gasteiger partial charge in [-0.2, -0.15) is 0 Å². The molecule has 3 aromatic heterocycles. The van der Waals surface area contributed by atoms with Crippen LogP contribution < -0.4 is 0 Å². The molecule has 0 fully saturated rings. The van der Waals surface area contributed by atoms with E-state index in [1.807, 2.05) is 24.3 Å². The monoisotopic (exact) mass is 655 g/mol. The van der Waals surface area contributed by atoms with Gasteiger partial charge in [0.05, 0.1) is 5.56 Å². The molecule has 50 heavy (non-hydrogen) atoms. The first-order chi connectivity index (χ1) is 24.7. The molecule has 232 valence electrons. The van der Waals surface area contributed by atoms with E-state index in [9.17, 15) is 0 Å². The van der Waals surface area contributed by atoms with Crippen LogP contribution in [0.5, 0.6) is 0 Å². The lowest BCUT2D eigenvalue weighted by molar-refractivity contribution is 0.669. The Morgan fingerprint density at radius 1 is 0.380 bits per heavy atom. The predicted octanol–water partition coefficient (Wildman–Crippen LogP) is 12.6. The van der Waals surface area contributed by atoms with Crippen molar-refractivity contribution in [3.63, 3.8) is 0 Å². The molecule has 0 aliphatic rings. The Morgan fingerprint density at radius 3 is 1.84 bits per heavy atom. The zero-order chi connectivity index (χ0) is 32.8. The van der Waals surface area contributed by atoms with Gasteiger partial charge in [0.25, 0.3) is 0 Å². The third-order valence-electron chi connectivity index (χ3n) is 9.92. The molecule has 4 nitrogen and oxygen atoms in total. The second-order valence-electron chi connectivity index (χ2n) is 12.8. The van der Waals surface area contributed by atoms with Crippen LogP contribution in [0.25, 0.3) is 109 Å². The average Bonchev–Trinajstić information content (AvgIpc) is 3.75. The van der Waals surface area contributed by atoms with Crippen LogP contribution >= 0.6 is 11.3 Å². The molecule has 0 N–H and O–H groups in total. The van der Waals surface area contributed by atoms with E-state index in [4.69, 9.17) is 19.4 Å². The van der Waals surface area contributed by atoms with Gasteiger partial charge in [-0.3, -0.25) is 0 Å². The number of hydrogen-bond donors (Lipinski definition) is 0. The summed E-state index contributed by atoms with van der Waals surface area (Å²) in [6.07, 6.45) is 0. The van der Waals surface area contributed by atoms with Crippen LogP contribution in [0.4, 0.5) is 0 Å². The smallest absolute Gasteiger partial charge is 0.167 e. The SMILES string of the molecule is c1ccc2c(c1)ccc1c3ccc(-c4nc(-c5ccc6c(c5)sc5ccccc56)nc(-c5cccc6c5oc5ccccc56)n4)cc3ccc21. The summed E-state index contributed by atoms with van der Waals surface area (Å²) in [6, 6.07) is 53.4. The van der Waals surface area contributed by atoms with Crippen LogP contribution in [0.3, 0.4) is 0 Å². The second kappa shape index (κ2) is 10.5. The number of fused-ring (bicyclic) bond motifs is 11. The van der Waals surface area contributed by atoms with E-state index in [0.29, 0.717) is 17.5 Å². The summed E-state index contributed by atoms with van der Waals surface area (Å²) in [5.41, 5.74) is 4.33. The highest BCUT2D eigenvalue weighted by molar-refractivity contribution is 7.25. The van der Waals surface area contributed by atoms with Crippen molar-refractivity contribution >= 4 is 85.8 Å². The van der Waals surface area contributed by atoms with Crippen LogP contribution in [-0.4, -0.2) is 15.0 Å². The van der Waals surface area contributed by atoms with Crippen molar-refractivity contribution in [3.8, 4) is 34.2 Å². The molecule has 11 aromatic rings. The van der Waals surface area contributed by atoms with E-state index in [1.54, 1.807) is 11.3 Å². The van der Waals surface area contributed by atoms with E-state index in [1.165, 1.54) is 47.1 Å². The first-order valence-electron chi connectivity index (χ1n) is 16.7. The third-order valence-corrected chi connectivity index (χ3v) is 11.1. The fourth-order valence-electron chi connectivity index (χ4n) is 7.51. The maximum atomic E-state index is 6.45. The molecule has 0 radical (unpaired) electrons. The lowest BCUT2D eigenvalue weighted by atomic mass is 9.96. The van der Waals surface area contributed by atoms with Gasteiger partial charge in [0.15, 0.2) is 17.5 Å². The molecular weight excluding hydrogens is 631 g/mol. The van der Waals surface area contributed by atoms with E-state index in [0.717, 1.165) is 44.0 Å². The fraction of sp³-hybridized carbons (Fsp3) is 0. The number of para-hydroxylation sites is 2. The van der Waals surface area contributed by atoms with Crippen molar-refractivity contribution in [1.82, 2.24) is 15.0 Å². The molecule has 0 aliphatic carbocycles. The van der Waals surface area contributed by atoms with Gasteiger partial charge in [-0.15, -0.1) is 11.3 Å². The second-order valence-corrected chi connectivity index (χ2v) is 13.9. The molecule has 0 saturated carbocycles. The first kappa shape index (κ1) is 27.5. The molecule has 0 unspecified atom stereocenters. The Kier molecular flexibility index (Phi) is 5.80. The number of nitrogens with zero attached hydrogens (tertiary/aromatic N) is 3. The lowest BCUT2D eigenvalue weighted by Crippen LogP contribution is -2.00. The van der Waals surface area contributed by atoms with Crippen molar-refractivity contribution in [3.05, 3.63) is 152 Å². The summed E-state index contributed by atoms with van der Waals surface area (Å²) in [6.45, 7) is 0. The van der Waals surface area contributed by atoms with Crippen LogP contribution in [-0.2, 0) is 0 Å². The molecule has 3 heterocycles. The molecular formula is C45H25N3OS. The lowest BCUT2D eigenvalue weighted by Gasteiger charge is -2.11. The summed E-state index contributed by atoms with van der Waals surface area (Å²) < 4.78 is 8.92. The normalized spacial score (nSPS) is 12.0. The fourth-order valence-corrected chi connectivity index (χ4v) is 8.66. The van der Waals surface area contributed by atoms with Crippen molar-refractivity contribution in [1.29, 1.82) is 0 Å². The molecule has 8 aromatic carbocycles. The molecule has 0 atom stereocenters. The van der Waals surface area contributed by atoms with Crippen LogP contribution in [0.15, 0.2) is 156 Å². The van der Waals surface area contributed by atoms with Crippen molar-refractivity contribution in [2.45, 2.75) is 0 Å². The Morgan fingerprint density at radius 2 is 0.980 bits per heavy atom. The van der Waals surface area contributed by atoms with Crippen molar-refractivity contribution < 1.29 is 4.42 Å². The Hall–Kier alpha value is -6.43. The molecule has 0 saturated heterocycles. The maximum absolute atomic E-state index is 6.45. The zero-order valence-corrected chi connectivity index (χ0v) is 27.4. The average molecular weight is 656 g/mol. The minimum Gasteiger partial charge on any atom is -0.455 e. The Balaban J connectivity index is 1.13. The van der Waals surface area contributed by atoms with Crippen LogP contribution in [0, 0.1) is 0 Å². The van der Waals surface area contributed by atoms with Gasteiger partial charge in [0, 0.05) is 42.1 Å². The Bertz CT molecular complexity index is 3170. The summed E-state index contributed by atoms with van der Waals surface area (Å²) in [4.78, 5) is 15.4. The number of hydrogen-bond acceptors (Lipinski definition) is 5. The van der Waals surface area contributed by atoms with Gasteiger partial charge in [0.2, 0.25) is 0 Å². The highest BCUT2D eigenvalue weighted by Crippen LogP contribution is 2.39.